The largest absolute Gasteiger partial charge is 0.272 e. The molecule has 0 atom stereocenters. The Morgan fingerprint density at radius 1 is 1.21 bits per heavy atom. The van der Waals surface area contributed by atoms with E-state index in [1.165, 1.54) is 12.1 Å². The molecule has 1 heterocycles. The Hall–Kier alpha value is -0.740. The summed E-state index contributed by atoms with van der Waals surface area (Å²) in [7, 11) is 0. The first kappa shape index (κ1) is 9.80. The van der Waals surface area contributed by atoms with Crippen LogP contribution in [0.15, 0.2) is 18.2 Å². The van der Waals surface area contributed by atoms with Gasteiger partial charge in [-0.05, 0) is 18.2 Å². The number of thiophene rings is 1. The van der Waals surface area contributed by atoms with Crippen molar-refractivity contribution >= 4 is 33.0 Å². The number of benzene rings is 1. The predicted octanol–water partition coefficient (Wildman–Crippen LogP) is 4.63. The SMILES string of the molecule is Fc1cc(Cl)c2cc(C(F)F)sc2c1. The second-order valence-corrected chi connectivity index (χ2v) is 4.27. The van der Waals surface area contributed by atoms with E-state index in [4.69, 9.17) is 11.6 Å². The summed E-state index contributed by atoms with van der Waals surface area (Å²) in [5, 5.41) is 0.650. The van der Waals surface area contributed by atoms with E-state index in [0.717, 1.165) is 17.4 Å². The van der Waals surface area contributed by atoms with E-state index in [2.05, 4.69) is 0 Å². The van der Waals surface area contributed by atoms with Crippen LogP contribution in [-0.4, -0.2) is 0 Å². The topological polar surface area (TPSA) is 0 Å². The Balaban J connectivity index is 2.70. The van der Waals surface area contributed by atoms with Crippen LogP contribution >= 0.6 is 22.9 Å². The van der Waals surface area contributed by atoms with E-state index in [1.807, 2.05) is 0 Å². The molecule has 0 nitrogen and oxygen atoms in total. The molecule has 0 saturated heterocycles. The second kappa shape index (κ2) is 3.44. The standard InChI is InChI=1S/C9H4ClF3S/c10-6-1-4(11)2-7-5(6)3-8(14-7)9(12)13/h1-3,9H. The quantitative estimate of drug-likeness (QED) is 0.677. The van der Waals surface area contributed by atoms with Crippen LogP contribution in [0.25, 0.3) is 10.1 Å². The summed E-state index contributed by atoms with van der Waals surface area (Å²) in [4.78, 5) is -0.0903. The second-order valence-electron chi connectivity index (χ2n) is 2.75. The minimum Gasteiger partial charge on any atom is -0.207 e. The van der Waals surface area contributed by atoms with Crippen molar-refractivity contribution in [1.82, 2.24) is 0 Å². The third-order valence-corrected chi connectivity index (χ3v) is 3.19. The van der Waals surface area contributed by atoms with Crippen LogP contribution in [0.4, 0.5) is 13.2 Å². The van der Waals surface area contributed by atoms with Crippen LogP contribution in [0.5, 0.6) is 0 Å². The van der Waals surface area contributed by atoms with Gasteiger partial charge in [-0.25, -0.2) is 13.2 Å². The zero-order valence-electron chi connectivity index (χ0n) is 6.73. The Kier molecular flexibility index (Phi) is 2.41. The van der Waals surface area contributed by atoms with E-state index < -0.39 is 12.2 Å². The lowest BCUT2D eigenvalue weighted by Crippen LogP contribution is -1.73. The first-order valence-electron chi connectivity index (χ1n) is 3.74. The van der Waals surface area contributed by atoms with Crippen LogP contribution in [0.1, 0.15) is 11.3 Å². The fourth-order valence-electron chi connectivity index (χ4n) is 1.19. The fourth-order valence-corrected chi connectivity index (χ4v) is 2.48. The van der Waals surface area contributed by atoms with E-state index in [0.29, 0.717) is 10.1 Å². The van der Waals surface area contributed by atoms with Gasteiger partial charge in [-0.2, -0.15) is 0 Å². The molecule has 0 aliphatic carbocycles. The van der Waals surface area contributed by atoms with Crippen LogP contribution in [0.2, 0.25) is 5.02 Å². The lowest BCUT2D eigenvalue weighted by Gasteiger charge is -1.92. The summed E-state index contributed by atoms with van der Waals surface area (Å²) in [5.41, 5.74) is 0. The first-order chi connectivity index (χ1) is 6.58. The van der Waals surface area contributed by atoms with Gasteiger partial charge in [-0.1, -0.05) is 11.6 Å². The molecule has 0 bridgehead atoms. The molecule has 74 valence electrons. The molecule has 0 radical (unpaired) electrons. The molecule has 0 aliphatic heterocycles. The molecule has 14 heavy (non-hydrogen) atoms. The Morgan fingerprint density at radius 3 is 2.57 bits per heavy atom. The molecule has 1 aromatic heterocycles. The smallest absolute Gasteiger partial charge is 0.207 e. The van der Waals surface area contributed by atoms with Crippen molar-refractivity contribution in [3.05, 3.63) is 33.9 Å². The molecule has 1 aromatic carbocycles. The van der Waals surface area contributed by atoms with E-state index in [9.17, 15) is 13.2 Å². The van der Waals surface area contributed by atoms with Crippen molar-refractivity contribution in [3.8, 4) is 0 Å². The summed E-state index contributed by atoms with van der Waals surface area (Å²) in [6, 6.07) is 3.62. The van der Waals surface area contributed by atoms with Crippen molar-refractivity contribution in [1.29, 1.82) is 0 Å². The fraction of sp³-hybridized carbons (Fsp3) is 0.111. The Labute approximate surface area is 86.9 Å². The minimum atomic E-state index is -2.54. The monoisotopic (exact) mass is 236 g/mol. The van der Waals surface area contributed by atoms with Gasteiger partial charge < -0.3 is 0 Å². The molecule has 2 rings (SSSR count). The van der Waals surface area contributed by atoms with Crippen LogP contribution < -0.4 is 0 Å². The number of halogens is 4. The van der Waals surface area contributed by atoms with Gasteiger partial charge in [0.15, 0.2) is 0 Å². The maximum Gasteiger partial charge on any atom is 0.272 e. The van der Waals surface area contributed by atoms with Gasteiger partial charge in [0.05, 0.1) is 9.90 Å². The van der Waals surface area contributed by atoms with Gasteiger partial charge in [0.25, 0.3) is 6.43 Å². The molecular weight excluding hydrogens is 233 g/mol. The van der Waals surface area contributed by atoms with Crippen molar-refractivity contribution < 1.29 is 13.2 Å². The molecule has 0 aliphatic rings. The van der Waals surface area contributed by atoms with Gasteiger partial charge in [0, 0.05) is 10.1 Å². The average Bonchev–Trinajstić information content (AvgIpc) is 2.47. The summed E-state index contributed by atoms with van der Waals surface area (Å²) < 4.78 is 37.9. The van der Waals surface area contributed by atoms with Crippen molar-refractivity contribution in [2.24, 2.45) is 0 Å². The number of rotatable bonds is 1. The van der Waals surface area contributed by atoms with Crippen LogP contribution in [0.3, 0.4) is 0 Å². The number of fused-ring (bicyclic) bond motifs is 1. The molecule has 0 saturated carbocycles. The first-order valence-corrected chi connectivity index (χ1v) is 4.94. The maximum absolute atomic E-state index is 12.8. The third kappa shape index (κ3) is 1.60. The molecule has 0 fully saturated rings. The van der Waals surface area contributed by atoms with E-state index in [-0.39, 0.29) is 9.90 Å². The summed E-state index contributed by atoms with van der Waals surface area (Å²) >= 11 is 6.56. The Morgan fingerprint density at radius 2 is 1.93 bits per heavy atom. The van der Waals surface area contributed by atoms with E-state index in [1.54, 1.807) is 0 Å². The van der Waals surface area contributed by atoms with Crippen LogP contribution in [-0.2, 0) is 0 Å². The van der Waals surface area contributed by atoms with Crippen molar-refractivity contribution in [3.63, 3.8) is 0 Å². The summed E-state index contributed by atoms with van der Waals surface area (Å²) in [6.07, 6.45) is -2.54. The lowest BCUT2D eigenvalue weighted by atomic mass is 10.2. The van der Waals surface area contributed by atoms with Gasteiger partial charge in [-0.15, -0.1) is 11.3 Å². The van der Waals surface area contributed by atoms with Crippen molar-refractivity contribution in [2.75, 3.05) is 0 Å². The Bertz CT molecular complexity index is 478. The van der Waals surface area contributed by atoms with Crippen molar-refractivity contribution in [2.45, 2.75) is 6.43 Å². The third-order valence-electron chi connectivity index (χ3n) is 1.79. The summed E-state index contributed by atoms with van der Waals surface area (Å²) in [6.45, 7) is 0. The maximum atomic E-state index is 12.8. The van der Waals surface area contributed by atoms with E-state index >= 15 is 0 Å². The molecular formula is C9H4ClF3S. The predicted molar refractivity (Wildman–Crippen MR) is 51.8 cm³/mol. The molecule has 2 aromatic rings. The zero-order chi connectivity index (χ0) is 10.3. The lowest BCUT2D eigenvalue weighted by molar-refractivity contribution is 0.156. The molecule has 5 heteroatoms. The number of hydrogen-bond donors (Lipinski definition) is 0. The molecule has 0 spiro atoms. The van der Waals surface area contributed by atoms with Gasteiger partial charge in [-0.3, -0.25) is 0 Å². The number of hydrogen-bond acceptors (Lipinski definition) is 1. The average molecular weight is 237 g/mol. The highest BCUT2D eigenvalue weighted by Crippen LogP contribution is 2.36. The normalized spacial score (nSPS) is 11.5. The van der Waals surface area contributed by atoms with Crippen LogP contribution in [0, 0.1) is 5.82 Å². The highest BCUT2D eigenvalue weighted by molar-refractivity contribution is 7.19. The molecule has 0 unspecified atom stereocenters. The highest BCUT2D eigenvalue weighted by Gasteiger charge is 2.13. The number of alkyl halides is 2. The highest BCUT2D eigenvalue weighted by atomic mass is 35.5. The zero-order valence-corrected chi connectivity index (χ0v) is 8.30. The van der Waals surface area contributed by atoms with Gasteiger partial charge in [0.1, 0.15) is 5.82 Å². The molecule has 0 N–H and O–H groups in total. The van der Waals surface area contributed by atoms with Gasteiger partial charge >= 0.3 is 0 Å². The van der Waals surface area contributed by atoms with Gasteiger partial charge in [0.2, 0.25) is 0 Å². The minimum absolute atomic E-state index is 0.0903. The summed E-state index contributed by atoms with van der Waals surface area (Å²) in [5.74, 6) is -0.509. The molecule has 0 amide bonds.